The molecule has 0 unspecified atom stereocenters. The van der Waals surface area contributed by atoms with Crippen molar-refractivity contribution in [2.75, 3.05) is 18.2 Å². The summed E-state index contributed by atoms with van der Waals surface area (Å²) in [6, 6.07) is 15.2. The van der Waals surface area contributed by atoms with Crippen LogP contribution in [0.4, 0.5) is 5.69 Å². The Morgan fingerprint density at radius 1 is 1.19 bits per heavy atom. The van der Waals surface area contributed by atoms with Crippen LogP contribution >= 0.6 is 27.7 Å². The number of methoxy groups -OCH3 is 1. The Hall–Kier alpha value is -2.32. The Bertz CT molecular complexity index is 945. The van der Waals surface area contributed by atoms with Gasteiger partial charge >= 0.3 is 0 Å². The number of rotatable bonds is 7. The van der Waals surface area contributed by atoms with Gasteiger partial charge in [0.2, 0.25) is 5.91 Å². The second-order valence-electron chi connectivity index (χ2n) is 5.57. The number of halogens is 1. The van der Waals surface area contributed by atoms with Gasteiger partial charge in [0, 0.05) is 16.6 Å². The van der Waals surface area contributed by atoms with Gasteiger partial charge in [0.05, 0.1) is 18.6 Å². The summed E-state index contributed by atoms with van der Waals surface area (Å²) in [7, 11) is 1.58. The van der Waals surface area contributed by atoms with Crippen molar-refractivity contribution in [3.8, 4) is 17.1 Å². The lowest BCUT2D eigenvalue weighted by atomic mass is 10.2. The predicted octanol–water partition coefficient (Wildman–Crippen LogP) is 4.47. The fraction of sp³-hybridized carbons (Fsp3) is 0.211. The standard InChI is InChI=1S/C19H19BrN4O2S/c1-3-24-18(13-8-4-5-9-14(13)20)22-23-19(24)27-12-17(25)21-15-10-6-7-11-16(15)26-2/h4-11H,3,12H2,1-2H3,(H,21,25). The summed E-state index contributed by atoms with van der Waals surface area (Å²) in [6.45, 7) is 2.74. The van der Waals surface area contributed by atoms with Crippen LogP contribution in [0.1, 0.15) is 6.92 Å². The zero-order chi connectivity index (χ0) is 19.2. The Kier molecular flexibility index (Phi) is 6.52. The molecule has 0 aliphatic carbocycles. The van der Waals surface area contributed by atoms with E-state index in [9.17, 15) is 4.79 Å². The largest absolute Gasteiger partial charge is 0.495 e. The maximum Gasteiger partial charge on any atom is 0.234 e. The molecule has 0 spiro atoms. The average Bonchev–Trinajstić information content (AvgIpc) is 3.10. The van der Waals surface area contributed by atoms with Crippen LogP contribution < -0.4 is 10.1 Å². The van der Waals surface area contributed by atoms with Gasteiger partial charge in [0.25, 0.3) is 0 Å². The van der Waals surface area contributed by atoms with Gasteiger partial charge in [-0.05, 0) is 25.1 Å². The fourth-order valence-corrected chi connectivity index (χ4v) is 3.85. The molecule has 27 heavy (non-hydrogen) atoms. The van der Waals surface area contributed by atoms with Gasteiger partial charge in [-0.25, -0.2) is 0 Å². The number of amides is 1. The van der Waals surface area contributed by atoms with Crippen molar-refractivity contribution in [3.63, 3.8) is 0 Å². The van der Waals surface area contributed by atoms with Crippen molar-refractivity contribution >= 4 is 39.3 Å². The topological polar surface area (TPSA) is 69.0 Å². The molecule has 0 fully saturated rings. The lowest BCUT2D eigenvalue weighted by Gasteiger charge is -2.10. The second kappa shape index (κ2) is 9.05. The van der Waals surface area contributed by atoms with Crippen molar-refractivity contribution in [1.82, 2.24) is 14.8 Å². The molecule has 0 aliphatic heterocycles. The van der Waals surface area contributed by atoms with E-state index < -0.39 is 0 Å². The first-order valence-electron chi connectivity index (χ1n) is 8.37. The molecule has 3 rings (SSSR count). The summed E-state index contributed by atoms with van der Waals surface area (Å²) in [5, 5.41) is 12.2. The molecule has 1 N–H and O–H groups in total. The summed E-state index contributed by atoms with van der Waals surface area (Å²) < 4.78 is 8.21. The van der Waals surface area contributed by atoms with Crippen LogP contribution in [-0.4, -0.2) is 33.5 Å². The Balaban J connectivity index is 1.71. The highest BCUT2D eigenvalue weighted by molar-refractivity contribution is 9.10. The van der Waals surface area contributed by atoms with Crippen LogP contribution in [0.5, 0.6) is 5.75 Å². The molecule has 140 valence electrons. The number of anilines is 1. The van der Waals surface area contributed by atoms with Gasteiger partial charge in [0.1, 0.15) is 5.75 Å². The molecule has 3 aromatic rings. The fourth-order valence-electron chi connectivity index (χ4n) is 2.59. The van der Waals surface area contributed by atoms with Gasteiger partial charge in [-0.3, -0.25) is 4.79 Å². The van der Waals surface area contributed by atoms with E-state index in [1.165, 1.54) is 11.8 Å². The summed E-state index contributed by atoms with van der Waals surface area (Å²) >= 11 is 4.91. The third kappa shape index (κ3) is 4.51. The van der Waals surface area contributed by atoms with Crippen LogP contribution in [-0.2, 0) is 11.3 Å². The van der Waals surface area contributed by atoms with Gasteiger partial charge in [0.15, 0.2) is 11.0 Å². The van der Waals surface area contributed by atoms with Crippen molar-refractivity contribution in [1.29, 1.82) is 0 Å². The van der Waals surface area contributed by atoms with Crippen molar-refractivity contribution in [2.24, 2.45) is 0 Å². The van der Waals surface area contributed by atoms with Gasteiger partial charge < -0.3 is 14.6 Å². The zero-order valence-corrected chi connectivity index (χ0v) is 17.4. The molecule has 1 amide bonds. The lowest BCUT2D eigenvalue weighted by molar-refractivity contribution is -0.113. The predicted molar refractivity (Wildman–Crippen MR) is 111 cm³/mol. The van der Waals surface area contributed by atoms with E-state index in [-0.39, 0.29) is 11.7 Å². The Labute approximate surface area is 170 Å². The number of benzene rings is 2. The number of aromatic nitrogens is 3. The number of hydrogen-bond donors (Lipinski definition) is 1. The zero-order valence-electron chi connectivity index (χ0n) is 15.0. The van der Waals surface area contributed by atoms with E-state index in [2.05, 4.69) is 31.4 Å². The normalized spacial score (nSPS) is 10.6. The minimum absolute atomic E-state index is 0.127. The van der Waals surface area contributed by atoms with Gasteiger partial charge in [-0.15, -0.1) is 10.2 Å². The molecule has 0 atom stereocenters. The molecule has 1 heterocycles. The van der Waals surface area contributed by atoms with Crippen LogP contribution in [0.2, 0.25) is 0 Å². The molecular weight excluding hydrogens is 428 g/mol. The highest BCUT2D eigenvalue weighted by Crippen LogP contribution is 2.29. The molecule has 0 radical (unpaired) electrons. The first-order valence-corrected chi connectivity index (χ1v) is 10.2. The highest BCUT2D eigenvalue weighted by atomic mass is 79.9. The van der Waals surface area contributed by atoms with Crippen LogP contribution in [0.25, 0.3) is 11.4 Å². The van der Waals surface area contributed by atoms with E-state index >= 15 is 0 Å². The number of thioether (sulfide) groups is 1. The molecule has 0 saturated heterocycles. The number of carbonyl (C=O) groups is 1. The van der Waals surface area contributed by atoms with Crippen molar-refractivity contribution in [2.45, 2.75) is 18.6 Å². The molecule has 6 nitrogen and oxygen atoms in total. The Morgan fingerprint density at radius 3 is 2.67 bits per heavy atom. The van der Waals surface area contributed by atoms with Gasteiger partial charge in [-0.2, -0.15) is 0 Å². The van der Waals surface area contributed by atoms with E-state index in [1.807, 2.05) is 47.9 Å². The van der Waals surface area contributed by atoms with E-state index in [0.29, 0.717) is 23.1 Å². The second-order valence-corrected chi connectivity index (χ2v) is 7.36. The third-order valence-electron chi connectivity index (χ3n) is 3.86. The number of nitrogens with one attached hydrogen (secondary N) is 1. The summed E-state index contributed by atoms with van der Waals surface area (Å²) in [4.78, 5) is 12.3. The smallest absolute Gasteiger partial charge is 0.234 e. The number of hydrogen-bond acceptors (Lipinski definition) is 5. The summed E-state index contributed by atoms with van der Waals surface area (Å²) in [5.41, 5.74) is 1.62. The molecular formula is C19H19BrN4O2S. The lowest BCUT2D eigenvalue weighted by Crippen LogP contribution is -2.15. The monoisotopic (exact) mass is 446 g/mol. The van der Waals surface area contributed by atoms with Crippen LogP contribution in [0.3, 0.4) is 0 Å². The maximum absolute atomic E-state index is 12.3. The Morgan fingerprint density at radius 2 is 1.93 bits per heavy atom. The third-order valence-corrected chi connectivity index (χ3v) is 5.52. The van der Waals surface area contributed by atoms with E-state index in [1.54, 1.807) is 19.2 Å². The van der Waals surface area contributed by atoms with Crippen LogP contribution in [0.15, 0.2) is 58.2 Å². The average molecular weight is 447 g/mol. The van der Waals surface area contributed by atoms with Crippen molar-refractivity contribution < 1.29 is 9.53 Å². The molecule has 0 saturated carbocycles. The van der Waals surface area contributed by atoms with E-state index in [0.717, 1.165) is 15.9 Å². The van der Waals surface area contributed by atoms with E-state index in [4.69, 9.17) is 4.74 Å². The molecule has 0 aliphatic rings. The number of carbonyl (C=O) groups excluding carboxylic acids is 1. The SMILES string of the molecule is CCn1c(SCC(=O)Nc2ccccc2OC)nnc1-c1ccccc1Br. The van der Waals surface area contributed by atoms with Gasteiger partial charge in [-0.1, -0.05) is 58.0 Å². The minimum Gasteiger partial charge on any atom is -0.495 e. The molecule has 1 aromatic heterocycles. The minimum atomic E-state index is -0.127. The number of nitrogens with zero attached hydrogens (tertiary/aromatic N) is 3. The molecule has 2 aromatic carbocycles. The summed E-state index contributed by atoms with van der Waals surface area (Å²) in [6.07, 6.45) is 0. The maximum atomic E-state index is 12.3. The number of para-hydroxylation sites is 2. The first-order chi connectivity index (χ1) is 13.1. The molecule has 0 bridgehead atoms. The molecule has 8 heteroatoms. The van der Waals surface area contributed by atoms with Crippen molar-refractivity contribution in [3.05, 3.63) is 53.0 Å². The highest BCUT2D eigenvalue weighted by Gasteiger charge is 2.16. The summed E-state index contributed by atoms with van der Waals surface area (Å²) in [5.74, 6) is 1.51. The quantitative estimate of drug-likeness (QED) is 0.542. The number of ether oxygens (including phenoxy) is 1. The van der Waals surface area contributed by atoms with Crippen LogP contribution in [0, 0.1) is 0 Å². The first kappa shape index (κ1) is 19.4.